The molecule has 0 fully saturated rings. The fourth-order valence-electron chi connectivity index (χ4n) is 1.54. The fourth-order valence-corrected chi connectivity index (χ4v) is 1.54. The number of aromatic nitrogens is 1. The van der Waals surface area contributed by atoms with E-state index in [-0.39, 0.29) is 12.3 Å². The van der Waals surface area contributed by atoms with Crippen LogP contribution in [-0.4, -0.2) is 56.6 Å². The van der Waals surface area contributed by atoms with Crippen LogP contribution in [0.3, 0.4) is 0 Å². The van der Waals surface area contributed by atoms with Gasteiger partial charge in [-0.15, -0.1) is 0 Å². The van der Waals surface area contributed by atoms with Gasteiger partial charge >= 0.3 is 5.97 Å². The van der Waals surface area contributed by atoms with Gasteiger partial charge in [-0.05, 0) is 12.1 Å². The number of hydrogen-bond acceptors (Lipinski definition) is 6. The summed E-state index contributed by atoms with van der Waals surface area (Å²) in [4.78, 5) is 17.1. The molecule has 0 saturated heterocycles. The summed E-state index contributed by atoms with van der Waals surface area (Å²) in [5, 5.41) is 9.63. The van der Waals surface area contributed by atoms with E-state index in [1.807, 2.05) is 11.9 Å². The molecule has 0 radical (unpaired) electrons. The molecule has 0 aliphatic rings. The first-order valence-corrected chi connectivity index (χ1v) is 5.51. The van der Waals surface area contributed by atoms with Gasteiger partial charge in [0.25, 0.3) is 0 Å². The number of rotatable bonds is 6. The van der Waals surface area contributed by atoms with Gasteiger partial charge in [0.1, 0.15) is 5.69 Å². The fraction of sp³-hybridized carbons (Fsp3) is 0.500. The van der Waals surface area contributed by atoms with E-state index in [1.54, 1.807) is 12.1 Å². The standard InChI is InChI=1S/C12H18N2O4/c1-14(7-10(15)8-17-2)9-4-5-13-11(6-9)12(16)18-3/h4-6,10,15H,7-8H2,1-3H3. The monoisotopic (exact) mass is 254 g/mol. The van der Waals surface area contributed by atoms with Crippen molar-refractivity contribution in [3.8, 4) is 0 Å². The topological polar surface area (TPSA) is 71.9 Å². The molecule has 1 heterocycles. The molecular formula is C12H18N2O4. The van der Waals surface area contributed by atoms with Gasteiger partial charge in [0.15, 0.2) is 0 Å². The molecule has 1 rings (SSSR count). The van der Waals surface area contributed by atoms with Crippen molar-refractivity contribution in [2.24, 2.45) is 0 Å². The molecule has 100 valence electrons. The molecular weight excluding hydrogens is 236 g/mol. The van der Waals surface area contributed by atoms with E-state index in [4.69, 9.17) is 4.74 Å². The van der Waals surface area contributed by atoms with Gasteiger partial charge in [-0.1, -0.05) is 0 Å². The average molecular weight is 254 g/mol. The molecule has 1 unspecified atom stereocenters. The Bertz CT molecular complexity index is 397. The van der Waals surface area contributed by atoms with Gasteiger partial charge < -0.3 is 19.5 Å². The Labute approximate surface area is 106 Å². The van der Waals surface area contributed by atoms with Crippen LogP contribution in [0.2, 0.25) is 0 Å². The molecule has 1 N–H and O–H groups in total. The van der Waals surface area contributed by atoms with Crippen LogP contribution in [0.4, 0.5) is 5.69 Å². The summed E-state index contributed by atoms with van der Waals surface area (Å²) in [5.74, 6) is -0.484. The minimum atomic E-state index is -0.588. The molecule has 1 aromatic rings. The van der Waals surface area contributed by atoms with Gasteiger partial charge in [-0.25, -0.2) is 9.78 Å². The number of hydrogen-bond donors (Lipinski definition) is 1. The molecule has 0 spiro atoms. The molecule has 1 atom stereocenters. The third-order valence-electron chi connectivity index (χ3n) is 2.42. The Hall–Kier alpha value is -1.66. The Balaban J connectivity index is 2.73. The first kappa shape index (κ1) is 14.4. The van der Waals surface area contributed by atoms with Crippen LogP contribution in [-0.2, 0) is 9.47 Å². The normalized spacial score (nSPS) is 12.0. The van der Waals surface area contributed by atoms with E-state index in [0.29, 0.717) is 6.54 Å². The minimum absolute atomic E-state index is 0.239. The van der Waals surface area contributed by atoms with Crippen molar-refractivity contribution in [2.75, 3.05) is 39.3 Å². The molecule has 0 amide bonds. The van der Waals surface area contributed by atoms with E-state index < -0.39 is 12.1 Å². The highest BCUT2D eigenvalue weighted by Crippen LogP contribution is 2.13. The SMILES string of the molecule is COCC(O)CN(C)c1ccnc(C(=O)OC)c1. The van der Waals surface area contributed by atoms with Crippen LogP contribution in [0.1, 0.15) is 10.5 Å². The maximum Gasteiger partial charge on any atom is 0.356 e. The van der Waals surface area contributed by atoms with E-state index in [2.05, 4.69) is 9.72 Å². The lowest BCUT2D eigenvalue weighted by molar-refractivity contribution is 0.0594. The largest absolute Gasteiger partial charge is 0.464 e. The van der Waals surface area contributed by atoms with Gasteiger partial charge in [-0.2, -0.15) is 0 Å². The zero-order valence-electron chi connectivity index (χ0n) is 10.8. The summed E-state index contributed by atoms with van der Waals surface area (Å²) in [6, 6.07) is 3.37. The van der Waals surface area contributed by atoms with Crippen molar-refractivity contribution in [3.05, 3.63) is 24.0 Å². The molecule has 0 bridgehead atoms. The molecule has 0 aromatic carbocycles. The van der Waals surface area contributed by atoms with Crippen LogP contribution in [0, 0.1) is 0 Å². The number of nitrogens with zero attached hydrogens (tertiary/aromatic N) is 2. The van der Waals surface area contributed by atoms with Crippen molar-refractivity contribution in [3.63, 3.8) is 0 Å². The number of carbonyl (C=O) groups excluding carboxylic acids is 1. The van der Waals surface area contributed by atoms with Gasteiger partial charge in [-0.3, -0.25) is 0 Å². The average Bonchev–Trinajstić information content (AvgIpc) is 2.38. The molecule has 0 aliphatic carbocycles. The van der Waals surface area contributed by atoms with Crippen LogP contribution in [0.15, 0.2) is 18.3 Å². The predicted octanol–water partition coefficient (Wildman–Crippen LogP) is 0.312. The Morgan fingerprint density at radius 1 is 1.56 bits per heavy atom. The number of ether oxygens (including phenoxy) is 2. The number of pyridine rings is 1. The maximum atomic E-state index is 11.3. The first-order valence-electron chi connectivity index (χ1n) is 5.51. The highest BCUT2D eigenvalue weighted by molar-refractivity contribution is 5.88. The lowest BCUT2D eigenvalue weighted by Crippen LogP contribution is -2.32. The predicted molar refractivity (Wildman–Crippen MR) is 66.7 cm³/mol. The molecule has 18 heavy (non-hydrogen) atoms. The summed E-state index contributed by atoms with van der Waals surface area (Å²) >= 11 is 0. The molecule has 6 heteroatoms. The Morgan fingerprint density at radius 3 is 2.89 bits per heavy atom. The number of aliphatic hydroxyl groups excluding tert-OH is 1. The van der Waals surface area contributed by atoms with Crippen molar-refractivity contribution in [1.82, 2.24) is 4.98 Å². The van der Waals surface area contributed by atoms with E-state index in [0.717, 1.165) is 5.69 Å². The second-order valence-electron chi connectivity index (χ2n) is 3.88. The van der Waals surface area contributed by atoms with E-state index in [9.17, 15) is 9.90 Å². The van der Waals surface area contributed by atoms with E-state index in [1.165, 1.54) is 20.4 Å². The zero-order valence-corrected chi connectivity index (χ0v) is 10.8. The quantitative estimate of drug-likeness (QED) is 0.737. The third-order valence-corrected chi connectivity index (χ3v) is 2.42. The molecule has 0 saturated carbocycles. The summed E-state index contributed by atoms with van der Waals surface area (Å²) in [6.07, 6.45) is 0.940. The lowest BCUT2D eigenvalue weighted by atomic mass is 10.2. The first-order chi connectivity index (χ1) is 8.58. The second-order valence-corrected chi connectivity index (χ2v) is 3.88. The molecule has 1 aromatic heterocycles. The number of methoxy groups -OCH3 is 2. The number of anilines is 1. The van der Waals surface area contributed by atoms with Crippen LogP contribution in [0.5, 0.6) is 0 Å². The summed E-state index contributed by atoms with van der Waals surface area (Å²) < 4.78 is 9.46. The van der Waals surface area contributed by atoms with Crippen molar-refractivity contribution < 1.29 is 19.4 Å². The zero-order chi connectivity index (χ0) is 13.5. The third kappa shape index (κ3) is 3.97. The highest BCUT2D eigenvalue weighted by Gasteiger charge is 2.12. The van der Waals surface area contributed by atoms with Crippen LogP contribution >= 0.6 is 0 Å². The summed E-state index contributed by atoms with van der Waals surface area (Å²) in [6.45, 7) is 0.664. The van der Waals surface area contributed by atoms with Gasteiger partial charge in [0.05, 0.1) is 19.8 Å². The maximum absolute atomic E-state index is 11.3. The van der Waals surface area contributed by atoms with Gasteiger partial charge in [0, 0.05) is 32.6 Å². The minimum Gasteiger partial charge on any atom is -0.464 e. The van der Waals surface area contributed by atoms with Crippen LogP contribution in [0.25, 0.3) is 0 Å². The molecule has 0 aliphatic heterocycles. The highest BCUT2D eigenvalue weighted by atomic mass is 16.5. The number of likely N-dealkylation sites (N-methyl/N-ethyl adjacent to an activating group) is 1. The number of aliphatic hydroxyl groups is 1. The van der Waals surface area contributed by atoms with E-state index >= 15 is 0 Å². The number of esters is 1. The second kappa shape index (κ2) is 6.93. The van der Waals surface area contributed by atoms with Crippen molar-refractivity contribution in [2.45, 2.75) is 6.10 Å². The Morgan fingerprint density at radius 2 is 2.28 bits per heavy atom. The molecule has 6 nitrogen and oxygen atoms in total. The van der Waals surface area contributed by atoms with Crippen LogP contribution < -0.4 is 4.90 Å². The van der Waals surface area contributed by atoms with Crippen molar-refractivity contribution >= 4 is 11.7 Å². The van der Waals surface area contributed by atoms with Crippen molar-refractivity contribution in [1.29, 1.82) is 0 Å². The Kier molecular flexibility index (Phi) is 5.54. The van der Waals surface area contributed by atoms with Gasteiger partial charge in [0.2, 0.25) is 0 Å². The smallest absolute Gasteiger partial charge is 0.356 e. The summed E-state index contributed by atoms with van der Waals surface area (Å²) in [7, 11) is 4.66. The summed E-state index contributed by atoms with van der Waals surface area (Å²) in [5.41, 5.74) is 1.02. The lowest BCUT2D eigenvalue weighted by Gasteiger charge is -2.22. The number of carbonyl (C=O) groups is 1.